The standard InChI is InChI=1S/C27H27FN6O2/c1-3-23(18-13-35-14-18)36-24-10-16(17(11-29)12-30-2)9-22-25(24)27(33-15-32-22)34-21-7-6-20-19(26(21)28)5-4-8-31-20/h4-12,15,18,23H,3,13-14,29H2,1-2H3,(H,32,33,34)/b17-11+,30-12?/t23-/m0/s1. The fraction of sp³-hybridized carbons (Fsp3) is 0.259. The van der Waals surface area contributed by atoms with Gasteiger partial charge in [0, 0.05) is 42.5 Å². The molecule has 0 saturated carbocycles. The summed E-state index contributed by atoms with van der Waals surface area (Å²) in [7, 11) is 1.68. The minimum Gasteiger partial charge on any atom is -0.489 e. The van der Waals surface area contributed by atoms with Crippen molar-refractivity contribution in [1.82, 2.24) is 15.0 Å². The number of nitrogens with two attached hydrogens (primary N) is 1. The molecule has 184 valence electrons. The Kier molecular flexibility index (Phi) is 6.73. The van der Waals surface area contributed by atoms with Crippen LogP contribution in [-0.2, 0) is 4.74 Å². The van der Waals surface area contributed by atoms with E-state index in [2.05, 4.69) is 32.2 Å². The summed E-state index contributed by atoms with van der Waals surface area (Å²) in [5, 5.41) is 4.23. The molecule has 9 heteroatoms. The number of nitrogens with zero attached hydrogens (tertiary/aromatic N) is 4. The van der Waals surface area contributed by atoms with Gasteiger partial charge in [-0.25, -0.2) is 14.4 Å². The first-order chi connectivity index (χ1) is 17.6. The maximum atomic E-state index is 15.4. The lowest BCUT2D eigenvalue weighted by Gasteiger charge is -2.33. The van der Waals surface area contributed by atoms with Crippen molar-refractivity contribution >= 4 is 45.1 Å². The lowest BCUT2D eigenvalue weighted by molar-refractivity contribution is -0.0832. The van der Waals surface area contributed by atoms with E-state index in [4.69, 9.17) is 15.2 Å². The number of rotatable bonds is 8. The number of aliphatic imine (C=N–C) groups is 1. The van der Waals surface area contributed by atoms with E-state index in [1.165, 1.54) is 12.5 Å². The van der Waals surface area contributed by atoms with Crippen molar-refractivity contribution in [2.75, 3.05) is 25.6 Å². The molecule has 5 rings (SSSR count). The van der Waals surface area contributed by atoms with E-state index in [-0.39, 0.29) is 11.8 Å². The molecule has 0 unspecified atom stereocenters. The SMILES string of the molecule is CC[C@H](Oc1cc(/C(C=NC)=C/N)cc2ncnc(Nc3ccc4ncccc4c3F)c12)C1COC1. The van der Waals surface area contributed by atoms with Crippen molar-refractivity contribution in [3.8, 4) is 5.75 Å². The number of nitrogens with one attached hydrogen (secondary N) is 1. The normalized spacial score (nSPS) is 15.4. The second kappa shape index (κ2) is 10.2. The summed E-state index contributed by atoms with van der Waals surface area (Å²) >= 11 is 0. The van der Waals surface area contributed by atoms with Gasteiger partial charge in [-0.1, -0.05) is 6.92 Å². The molecule has 1 saturated heterocycles. The molecule has 3 heterocycles. The average molecular weight is 487 g/mol. The van der Waals surface area contributed by atoms with Crippen molar-refractivity contribution in [1.29, 1.82) is 0 Å². The molecule has 1 aliphatic heterocycles. The maximum absolute atomic E-state index is 15.4. The van der Waals surface area contributed by atoms with Crippen LogP contribution in [0.25, 0.3) is 27.4 Å². The van der Waals surface area contributed by atoms with E-state index in [9.17, 15) is 0 Å². The van der Waals surface area contributed by atoms with Gasteiger partial charge >= 0.3 is 0 Å². The zero-order valence-corrected chi connectivity index (χ0v) is 20.1. The number of ether oxygens (including phenoxy) is 2. The van der Waals surface area contributed by atoms with Crippen LogP contribution in [0.5, 0.6) is 5.75 Å². The van der Waals surface area contributed by atoms with Crippen LogP contribution in [0, 0.1) is 11.7 Å². The number of anilines is 2. The quantitative estimate of drug-likeness (QED) is 0.342. The zero-order chi connectivity index (χ0) is 25.1. The van der Waals surface area contributed by atoms with Gasteiger partial charge in [-0.15, -0.1) is 0 Å². The number of allylic oxidation sites excluding steroid dienone is 1. The molecular weight excluding hydrogens is 459 g/mol. The van der Waals surface area contributed by atoms with E-state index in [1.54, 1.807) is 43.7 Å². The molecule has 0 radical (unpaired) electrons. The molecule has 0 spiro atoms. The molecular formula is C27H27FN6O2. The van der Waals surface area contributed by atoms with Crippen molar-refractivity contribution < 1.29 is 13.9 Å². The molecule has 2 aromatic heterocycles. The molecule has 3 N–H and O–H groups in total. The van der Waals surface area contributed by atoms with Gasteiger partial charge in [0.2, 0.25) is 0 Å². The fourth-order valence-electron chi connectivity index (χ4n) is 4.35. The molecule has 36 heavy (non-hydrogen) atoms. The molecule has 1 atom stereocenters. The molecule has 4 aromatic rings. The predicted octanol–water partition coefficient (Wildman–Crippen LogP) is 4.86. The summed E-state index contributed by atoms with van der Waals surface area (Å²) < 4.78 is 27.3. The first-order valence-electron chi connectivity index (χ1n) is 11.8. The zero-order valence-electron chi connectivity index (χ0n) is 20.1. The van der Waals surface area contributed by atoms with Crippen LogP contribution in [0.2, 0.25) is 0 Å². The third kappa shape index (κ3) is 4.45. The number of hydrogen-bond donors (Lipinski definition) is 2. The Balaban J connectivity index is 1.64. The monoisotopic (exact) mass is 486 g/mol. The van der Waals surface area contributed by atoms with Crippen molar-refractivity contribution in [3.05, 3.63) is 66.5 Å². The van der Waals surface area contributed by atoms with Crippen LogP contribution in [0.3, 0.4) is 0 Å². The van der Waals surface area contributed by atoms with Crippen molar-refractivity contribution in [3.63, 3.8) is 0 Å². The highest BCUT2D eigenvalue weighted by atomic mass is 19.1. The van der Waals surface area contributed by atoms with Gasteiger partial charge in [-0.2, -0.15) is 0 Å². The lowest BCUT2D eigenvalue weighted by atomic mass is 9.98. The maximum Gasteiger partial charge on any atom is 0.156 e. The van der Waals surface area contributed by atoms with E-state index < -0.39 is 5.82 Å². The largest absolute Gasteiger partial charge is 0.489 e. The van der Waals surface area contributed by atoms with Crippen molar-refractivity contribution in [2.24, 2.45) is 16.6 Å². The molecule has 1 fully saturated rings. The lowest BCUT2D eigenvalue weighted by Crippen LogP contribution is -2.40. The van der Waals surface area contributed by atoms with E-state index in [0.717, 1.165) is 17.6 Å². The van der Waals surface area contributed by atoms with Gasteiger partial charge in [0.15, 0.2) is 5.82 Å². The van der Waals surface area contributed by atoms with Gasteiger partial charge in [0.1, 0.15) is 24.0 Å². The highest BCUT2D eigenvalue weighted by Crippen LogP contribution is 2.37. The Morgan fingerprint density at radius 1 is 1.25 bits per heavy atom. The van der Waals surface area contributed by atoms with Crippen LogP contribution in [0.4, 0.5) is 15.9 Å². The minimum atomic E-state index is -0.406. The third-order valence-electron chi connectivity index (χ3n) is 6.33. The molecule has 0 bridgehead atoms. The first kappa shape index (κ1) is 23.6. The van der Waals surface area contributed by atoms with E-state index in [0.29, 0.717) is 52.5 Å². The average Bonchev–Trinajstić information content (AvgIpc) is 2.87. The van der Waals surface area contributed by atoms with Gasteiger partial charge in [0.05, 0.1) is 35.3 Å². The second-order valence-electron chi connectivity index (χ2n) is 8.58. The number of fused-ring (bicyclic) bond motifs is 2. The highest BCUT2D eigenvalue weighted by molar-refractivity contribution is 6.11. The third-order valence-corrected chi connectivity index (χ3v) is 6.33. The Morgan fingerprint density at radius 3 is 2.83 bits per heavy atom. The second-order valence-corrected chi connectivity index (χ2v) is 8.58. The Morgan fingerprint density at radius 2 is 2.11 bits per heavy atom. The van der Waals surface area contributed by atoms with Crippen LogP contribution in [0.1, 0.15) is 18.9 Å². The van der Waals surface area contributed by atoms with Crippen LogP contribution in [0.15, 0.2) is 60.1 Å². The van der Waals surface area contributed by atoms with Crippen LogP contribution >= 0.6 is 0 Å². The number of benzene rings is 2. The summed E-state index contributed by atoms with van der Waals surface area (Å²) in [4.78, 5) is 17.3. The van der Waals surface area contributed by atoms with Gasteiger partial charge in [-0.3, -0.25) is 9.98 Å². The van der Waals surface area contributed by atoms with Gasteiger partial charge in [-0.05, 0) is 48.4 Å². The van der Waals surface area contributed by atoms with Gasteiger partial charge in [0.25, 0.3) is 0 Å². The molecule has 0 amide bonds. The molecule has 1 aliphatic rings. The predicted molar refractivity (Wildman–Crippen MR) is 140 cm³/mol. The summed E-state index contributed by atoms with van der Waals surface area (Å²) in [6.07, 6.45) is 7.00. The number of halogens is 1. The smallest absolute Gasteiger partial charge is 0.156 e. The van der Waals surface area contributed by atoms with E-state index in [1.807, 2.05) is 12.1 Å². The fourth-order valence-corrected chi connectivity index (χ4v) is 4.35. The Labute approximate surface area is 208 Å². The summed E-state index contributed by atoms with van der Waals surface area (Å²) in [5.74, 6) is 0.904. The molecule has 2 aromatic carbocycles. The Bertz CT molecular complexity index is 1470. The highest BCUT2D eigenvalue weighted by Gasteiger charge is 2.30. The number of aromatic nitrogens is 3. The molecule has 8 nitrogen and oxygen atoms in total. The van der Waals surface area contributed by atoms with E-state index >= 15 is 4.39 Å². The summed E-state index contributed by atoms with van der Waals surface area (Å²) in [5.41, 5.74) is 8.91. The van der Waals surface area contributed by atoms with Crippen molar-refractivity contribution in [2.45, 2.75) is 19.4 Å². The minimum absolute atomic E-state index is 0.0566. The number of pyridine rings is 1. The Hall–Kier alpha value is -4.11. The topological polar surface area (TPSA) is 108 Å². The molecule has 0 aliphatic carbocycles. The number of hydrogen-bond acceptors (Lipinski definition) is 8. The summed E-state index contributed by atoms with van der Waals surface area (Å²) in [6, 6.07) is 10.6. The van der Waals surface area contributed by atoms with Crippen LogP contribution < -0.4 is 15.8 Å². The van der Waals surface area contributed by atoms with Crippen LogP contribution in [-0.4, -0.2) is 47.5 Å². The first-order valence-corrected chi connectivity index (χ1v) is 11.8. The summed E-state index contributed by atoms with van der Waals surface area (Å²) in [6.45, 7) is 3.40. The van der Waals surface area contributed by atoms with Gasteiger partial charge < -0.3 is 20.5 Å².